The molecule has 0 aromatic rings. The van der Waals surface area contributed by atoms with Crippen LogP contribution in [0.4, 0.5) is 0 Å². The van der Waals surface area contributed by atoms with Crippen molar-refractivity contribution in [1.82, 2.24) is 0 Å². The molecular formula is C85H166O17P2. The first-order valence-electron chi connectivity index (χ1n) is 44.1. The Kier molecular flexibility index (Phi) is 76.3. The quantitative estimate of drug-likeness (QED) is 0.0222. The number of phosphoric ester groups is 2. The molecule has 0 fully saturated rings. The summed E-state index contributed by atoms with van der Waals surface area (Å²) in [4.78, 5) is 73.1. The zero-order chi connectivity index (χ0) is 76.2. The lowest BCUT2D eigenvalue weighted by molar-refractivity contribution is -0.161. The van der Waals surface area contributed by atoms with Crippen LogP contribution in [0.15, 0.2) is 0 Å². The number of rotatable bonds is 85. The monoisotopic (exact) mass is 1520 g/mol. The van der Waals surface area contributed by atoms with Gasteiger partial charge in [0, 0.05) is 25.7 Å². The van der Waals surface area contributed by atoms with Crippen LogP contribution in [-0.4, -0.2) is 96.7 Å². The molecule has 19 heteroatoms. The number of aliphatic hydroxyl groups is 1. The fourth-order valence-corrected chi connectivity index (χ4v) is 14.9. The van der Waals surface area contributed by atoms with Crippen molar-refractivity contribution in [2.24, 2.45) is 5.92 Å². The van der Waals surface area contributed by atoms with Crippen molar-refractivity contribution in [3.63, 3.8) is 0 Å². The fourth-order valence-electron chi connectivity index (χ4n) is 13.3. The smallest absolute Gasteiger partial charge is 0.462 e. The minimum atomic E-state index is -4.96. The van der Waals surface area contributed by atoms with Gasteiger partial charge < -0.3 is 33.8 Å². The van der Waals surface area contributed by atoms with Gasteiger partial charge in [0.2, 0.25) is 0 Å². The second-order valence-corrected chi connectivity index (χ2v) is 34.0. The third-order valence-corrected chi connectivity index (χ3v) is 21.9. The summed E-state index contributed by atoms with van der Waals surface area (Å²) in [5.74, 6) is -1.40. The van der Waals surface area contributed by atoms with E-state index in [1.54, 1.807) is 0 Å². The number of aliphatic hydroxyl groups excluding tert-OH is 1. The van der Waals surface area contributed by atoms with Crippen molar-refractivity contribution < 1.29 is 80.2 Å². The summed E-state index contributed by atoms with van der Waals surface area (Å²) < 4.78 is 68.8. The van der Waals surface area contributed by atoms with E-state index in [1.807, 2.05) is 0 Å². The van der Waals surface area contributed by atoms with Crippen molar-refractivity contribution in [3.05, 3.63) is 0 Å². The first kappa shape index (κ1) is 102. The molecule has 0 bridgehead atoms. The van der Waals surface area contributed by atoms with Gasteiger partial charge in [-0.1, -0.05) is 407 Å². The van der Waals surface area contributed by atoms with Gasteiger partial charge in [-0.2, -0.15) is 0 Å². The van der Waals surface area contributed by atoms with E-state index >= 15 is 0 Å². The molecule has 0 radical (unpaired) electrons. The second-order valence-electron chi connectivity index (χ2n) is 31.1. The van der Waals surface area contributed by atoms with E-state index in [-0.39, 0.29) is 25.7 Å². The number of unbranched alkanes of at least 4 members (excludes halogenated alkanes) is 57. The molecular weight excluding hydrogens is 1350 g/mol. The lowest BCUT2D eigenvalue weighted by Crippen LogP contribution is -2.30. The second kappa shape index (κ2) is 77.8. The van der Waals surface area contributed by atoms with E-state index < -0.39 is 97.5 Å². The maximum atomic E-state index is 13.1. The molecule has 0 aliphatic rings. The number of carbonyl (C=O) groups excluding carboxylic acids is 4. The molecule has 0 amide bonds. The Balaban J connectivity index is 5.19. The Morgan fingerprint density at radius 3 is 0.654 bits per heavy atom. The summed E-state index contributed by atoms with van der Waals surface area (Å²) in [6.07, 6.45) is 71.1. The summed E-state index contributed by atoms with van der Waals surface area (Å²) in [5.41, 5.74) is 0. The van der Waals surface area contributed by atoms with E-state index in [0.29, 0.717) is 31.6 Å². The molecule has 0 aliphatic heterocycles. The Bertz CT molecular complexity index is 1980. The number of hydrogen-bond donors (Lipinski definition) is 3. The zero-order valence-electron chi connectivity index (χ0n) is 68.2. The van der Waals surface area contributed by atoms with E-state index in [1.165, 1.54) is 276 Å². The Hall–Kier alpha value is -1.94. The highest BCUT2D eigenvalue weighted by molar-refractivity contribution is 7.47. The highest BCUT2D eigenvalue weighted by Crippen LogP contribution is 2.45. The molecule has 2 unspecified atom stereocenters. The summed E-state index contributed by atoms with van der Waals surface area (Å²) in [6.45, 7) is 7.29. The maximum Gasteiger partial charge on any atom is 0.472 e. The minimum absolute atomic E-state index is 0.107. The van der Waals surface area contributed by atoms with Crippen LogP contribution in [-0.2, 0) is 65.4 Å². The molecule has 0 aliphatic carbocycles. The zero-order valence-corrected chi connectivity index (χ0v) is 70.0. The number of esters is 4. The number of hydrogen-bond acceptors (Lipinski definition) is 15. The van der Waals surface area contributed by atoms with Gasteiger partial charge in [0.15, 0.2) is 12.2 Å². The standard InChI is InChI=1S/C85H166O17P2/c1-6-9-12-15-18-21-24-27-29-31-33-35-36-38-40-42-44-47-50-55-61-66-71-85(90)101-80(74-95-82(87)68-63-58-53-48-46-43-41-39-37-34-32-30-28-25-22-19-16-13-10-7-2)76-99-103(91,92)97-72-79(86)73-98-104(93,94)100-77-81(75-96-83(88)69-64-59-56-51-52-57-62-67-78(4)5)102-84(89)70-65-60-54-49-45-26-23-20-17-14-11-8-3/h78-81,86H,6-77H2,1-5H3,(H,91,92)(H,93,94)/t79-,80-,81-/m1/s1. The van der Waals surface area contributed by atoms with Crippen LogP contribution in [0.5, 0.6) is 0 Å². The topological polar surface area (TPSA) is 237 Å². The van der Waals surface area contributed by atoms with E-state index in [2.05, 4.69) is 34.6 Å². The minimum Gasteiger partial charge on any atom is -0.462 e. The Labute approximate surface area is 638 Å². The van der Waals surface area contributed by atoms with Gasteiger partial charge in [-0.15, -0.1) is 0 Å². The van der Waals surface area contributed by atoms with Gasteiger partial charge >= 0.3 is 39.5 Å². The van der Waals surface area contributed by atoms with Crippen LogP contribution in [0, 0.1) is 5.92 Å². The molecule has 3 N–H and O–H groups in total. The Morgan fingerprint density at radius 2 is 0.442 bits per heavy atom. The van der Waals surface area contributed by atoms with Crippen molar-refractivity contribution in [3.8, 4) is 0 Å². The lowest BCUT2D eigenvalue weighted by atomic mass is 10.0. The van der Waals surface area contributed by atoms with E-state index in [9.17, 15) is 43.2 Å². The van der Waals surface area contributed by atoms with Crippen LogP contribution >= 0.6 is 15.6 Å². The summed E-state index contributed by atoms with van der Waals surface area (Å²) in [6, 6.07) is 0. The van der Waals surface area contributed by atoms with E-state index in [4.69, 9.17) is 37.0 Å². The van der Waals surface area contributed by atoms with Crippen molar-refractivity contribution in [1.29, 1.82) is 0 Å². The molecule has 0 saturated carbocycles. The highest BCUT2D eigenvalue weighted by Gasteiger charge is 2.30. The molecule has 618 valence electrons. The van der Waals surface area contributed by atoms with Crippen molar-refractivity contribution in [2.45, 2.75) is 477 Å². The lowest BCUT2D eigenvalue weighted by Gasteiger charge is -2.21. The molecule has 0 heterocycles. The van der Waals surface area contributed by atoms with Crippen LogP contribution in [0.25, 0.3) is 0 Å². The molecule has 5 atom stereocenters. The molecule has 0 aromatic carbocycles. The fraction of sp³-hybridized carbons (Fsp3) is 0.953. The third-order valence-electron chi connectivity index (χ3n) is 20.0. The van der Waals surface area contributed by atoms with Gasteiger partial charge in [-0.3, -0.25) is 37.3 Å². The SMILES string of the molecule is CCCCCCCCCCCCCCCCCCCCCCCCC(=O)O[C@H](COC(=O)CCCCCCCCCCCCCCCCCCCCCC)COP(=O)(O)OC[C@@H](O)COP(=O)(O)OC[C@@H](COC(=O)CCCCCCCCCC(C)C)OC(=O)CCCCCCCCCCCCCC. The Morgan fingerprint density at radius 1 is 0.260 bits per heavy atom. The molecule has 0 saturated heterocycles. The molecule has 104 heavy (non-hydrogen) atoms. The number of carbonyl (C=O) groups is 4. The predicted octanol–water partition coefficient (Wildman–Crippen LogP) is 26.0. The van der Waals surface area contributed by atoms with Crippen molar-refractivity contribution in [2.75, 3.05) is 39.6 Å². The molecule has 0 rings (SSSR count). The molecule has 0 aromatic heterocycles. The average molecular weight is 1520 g/mol. The number of phosphoric acid groups is 2. The summed E-state index contributed by atoms with van der Waals surface area (Å²) in [7, 11) is -9.92. The van der Waals surface area contributed by atoms with Gasteiger partial charge in [-0.25, -0.2) is 9.13 Å². The van der Waals surface area contributed by atoms with Gasteiger partial charge in [0.05, 0.1) is 26.4 Å². The first-order valence-corrected chi connectivity index (χ1v) is 47.1. The summed E-state index contributed by atoms with van der Waals surface area (Å²) >= 11 is 0. The summed E-state index contributed by atoms with van der Waals surface area (Å²) in [5, 5.41) is 10.7. The third kappa shape index (κ3) is 78.2. The van der Waals surface area contributed by atoms with Gasteiger partial charge in [0.1, 0.15) is 19.3 Å². The van der Waals surface area contributed by atoms with E-state index in [0.717, 1.165) is 96.3 Å². The highest BCUT2D eigenvalue weighted by atomic mass is 31.2. The predicted molar refractivity (Wildman–Crippen MR) is 428 cm³/mol. The van der Waals surface area contributed by atoms with Gasteiger partial charge in [-0.05, 0) is 31.6 Å². The molecule has 17 nitrogen and oxygen atoms in total. The van der Waals surface area contributed by atoms with Crippen LogP contribution in [0.1, 0.15) is 458 Å². The van der Waals surface area contributed by atoms with Crippen LogP contribution in [0.3, 0.4) is 0 Å². The van der Waals surface area contributed by atoms with Crippen molar-refractivity contribution >= 4 is 39.5 Å². The normalized spacial score (nSPS) is 13.8. The van der Waals surface area contributed by atoms with Gasteiger partial charge in [0.25, 0.3) is 0 Å². The average Bonchev–Trinajstić information content (AvgIpc) is 0.907. The largest absolute Gasteiger partial charge is 0.472 e. The molecule has 0 spiro atoms. The number of ether oxygens (including phenoxy) is 4. The van der Waals surface area contributed by atoms with Crippen LogP contribution in [0.2, 0.25) is 0 Å². The maximum absolute atomic E-state index is 13.1. The first-order chi connectivity index (χ1) is 50.5. The van der Waals surface area contributed by atoms with Crippen LogP contribution < -0.4 is 0 Å².